The SMILES string of the molecule is Cc1cc(C)n(C[C@@H](C)NC(=O)Cc2csc(-c3ccoc3)n2)n1. The van der Waals surface area contributed by atoms with Crippen molar-refractivity contribution >= 4 is 17.2 Å². The van der Waals surface area contributed by atoms with Crippen LogP contribution in [0.4, 0.5) is 0 Å². The molecule has 3 aromatic rings. The van der Waals surface area contributed by atoms with E-state index in [9.17, 15) is 4.79 Å². The summed E-state index contributed by atoms with van der Waals surface area (Å²) in [4.78, 5) is 16.7. The topological polar surface area (TPSA) is 73.0 Å². The van der Waals surface area contributed by atoms with Crippen molar-refractivity contribution in [2.45, 2.75) is 39.8 Å². The van der Waals surface area contributed by atoms with Crippen LogP contribution in [0.2, 0.25) is 0 Å². The van der Waals surface area contributed by atoms with E-state index in [4.69, 9.17) is 4.42 Å². The van der Waals surface area contributed by atoms with Crippen LogP contribution in [-0.4, -0.2) is 26.7 Å². The largest absolute Gasteiger partial charge is 0.472 e. The smallest absolute Gasteiger partial charge is 0.226 e. The number of rotatable bonds is 6. The van der Waals surface area contributed by atoms with E-state index >= 15 is 0 Å². The number of hydrogen-bond donors (Lipinski definition) is 1. The predicted molar refractivity (Wildman–Crippen MR) is 92.8 cm³/mol. The second-order valence-electron chi connectivity index (χ2n) is 5.91. The minimum Gasteiger partial charge on any atom is -0.472 e. The number of aryl methyl sites for hydroxylation is 2. The number of nitrogens with zero attached hydrogens (tertiary/aromatic N) is 3. The van der Waals surface area contributed by atoms with Crippen molar-refractivity contribution in [1.82, 2.24) is 20.1 Å². The van der Waals surface area contributed by atoms with Crippen molar-refractivity contribution in [3.63, 3.8) is 0 Å². The molecular formula is C17H20N4O2S. The maximum atomic E-state index is 12.2. The predicted octanol–water partition coefficient (Wildman–Crippen LogP) is 2.96. The van der Waals surface area contributed by atoms with E-state index in [1.54, 1.807) is 12.5 Å². The number of aromatic nitrogens is 3. The third kappa shape index (κ3) is 3.91. The van der Waals surface area contributed by atoms with Crippen LogP contribution in [0, 0.1) is 13.8 Å². The Labute approximate surface area is 144 Å². The van der Waals surface area contributed by atoms with Crippen LogP contribution in [0.3, 0.4) is 0 Å². The van der Waals surface area contributed by atoms with E-state index in [1.807, 2.05) is 43.0 Å². The van der Waals surface area contributed by atoms with Crippen LogP contribution in [-0.2, 0) is 17.8 Å². The van der Waals surface area contributed by atoms with E-state index in [2.05, 4.69) is 15.4 Å². The van der Waals surface area contributed by atoms with E-state index in [-0.39, 0.29) is 18.4 Å². The van der Waals surface area contributed by atoms with Gasteiger partial charge in [-0.05, 0) is 32.9 Å². The molecule has 0 bridgehead atoms. The Morgan fingerprint density at radius 2 is 2.29 bits per heavy atom. The molecule has 0 radical (unpaired) electrons. The molecule has 24 heavy (non-hydrogen) atoms. The fourth-order valence-corrected chi connectivity index (χ4v) is 3.37. The molecule has 1 amide bonds. The summed E-state index contributed by atoms with van der Waals surface area (Å²) in [6.07, 6.45) is 3.54. The van der Waals surface area contributed by atoms with Gasteiger partial charge >= 0.3 is 0 Å². The molecule has 0 spiro atoms. The first-order valence-electron chi connectivity index (χ1n) is 7.78. The summed E-state index contributed by atoms with van der Waals surface area (Å²) in [5.41, 5.74) is 3.79. The highest BCUT2D eigenvalue weighted by Gasteiger charge is 2.13. The lowest BCUT2D eigenvalue weighted by Crippen LogP contribution is -2.37. The van der Waals surface area contributed by atoms with E-state index in [1.165, 1.54) is 11.3 Å². The van der Waals surface area contributed by atoms with Gasteiger partial charge in [0.25, 0.3) is 0 Å². The molecular weight excluding hydrogens is 324 g/mol. The molecule has 0 aliphatic heterocycles. The van der Waals surface area contributed by atoms with Gasteiger partial charge in [-0.15, -0.1) is 11.3 Å². The van der Waals surface area contributed by atoms with Gasteiger partial charge in [-0.1, -0.05) is 0 Å². The van der Waals surface area contributed by atoms with Gasteiger partial charge in [0.1, 0.15) is 11.3 Å². The molecule has 6 nitrogen and oxygen atoms in total. The molecule has 0 saturated carbocycles. The maximum absolute atomic E-state index is 12.2. The maximum Gasteiger partial charge on any atom is 0.226 e. The van der Waals surface area contributed by atoms with Crippen molar-refractivity contribution in [2.75, 3.05) is 0 Å². The Hall–Kier alpha value is -2.41. The van der Waals surface area contributed by atoms with Crippen LogP contribution in [0.5, 0.6) is 0 Å². The van der Waals surface area contributed by atoms with Crippen LogP contribution >= 0.6 is 11.3 Å². The van der Waals surface area contributed by atoms with Crippen molar-refractivity contribution in [3.8, 4) is 10.6 Å². The van der Waals surface area contributed by atoms with Gasteiger partial charge in [-0.3, -0.25) is 9.48 Å². The Kier molecular flexibility index (Phi) is 4.80. The molecule has 3 aromatic heterocycles. The summed E-state index contributed by atoms with van der Waals surface area (Å²) in [6, 6.07) is 3.89. The van der Waals surface area contributed by atoms with E-state index < -0.39 is 0 Å². The summed E-state index contributed by atoms with van der Waals surface area (Å²) in [6.45, 7) is 6.61. The van der Waals surface area contributed by atoms with Crippen molar-refractivity contribution in [2.24, 2.45) is 0 Å². The first-order chi connectivity index (χ1) is 11.5. The molecule has 0 aliphatic rings. The molecule has 0 aromatic carbocycles. The van der Waals surface area contributed by atoms with Gasteiger partial charge in [0.2, 0.25) is 5.91 Å². The summed E-state index contributed by atoms with van der Waals surface area (Å²) in [5, 5.41) is 10.2. The van der Waals surface area contributed by atoms with Gasteiger partial charge < -0.3 is 9.73 Å². The molecule has 3 rings (SSSR count). The van der Waals surface area contributed by atoms with E-state index in [0.29, 0.717) is 6.54 Å². The summed E-state index contributed by atoms with van der Waals surface area (Å²) in [5.74, 6) is -0.0342. The lowest BCUT2D eigenvalue weighted by molar-refractivity contribution is -0.121. The fraction of sp³-hybridized carbons (Fsp3) is 0.353. The first kappa shape index (κ1) is 16.4. The zero-order valence-electron chi connectivity index (χ0n) is 13.9. The number of carbonyl (C=O) groups excluding carboxylic acids is 1. The molecule has 1 N–H and O–H groups in total. The molecule has 3 heterocycles. The number of furan rings is 1. The highest BCUT2D eigenvalue weighted by atomic mass is 32.1. The van der Waals surface area contributed by atoms with Crippen molar-refractivity contribution in [1.29, 1.82) is 0 Å². The molecule has 1 atom stereocenters. The second kappa shape index (κ2) is 7.00. The Balaban J connectivity index is 1.54. The minimum absolute atomic E-state index is 0.00230. The van der Waals surface area contributed by atoms with Crippen LogP contribution in [0.25, 0.3) is 10.6 Å². The number of nitrogens with one attached hydrogen (secondary N) is 1. The molecule has 0 aliphatic carbocycles. The molecule has 0 fully saturated rings. The van der Waals surface area contributed by atoms with Gasteiger partial charge in [-0.2, -0.15) is 5.10 Å². The highest BCUT2D eigenvalue weighted by Crippen LogP contribution is 2.24. The summed E-state index contributed by atoms with van der Waals surface area (Å²) >= 11 is 1.51. The van der Waals surface area contributed by atoms with Crippen molar-refractivity contribution < 1.29 is 9.21 Å². The average molecular weight is 344 g/mol. The number of amides is 1. The molecule has 0 saturated heterocycles. The van der Waals surface area contributed by atoms with Gasteiger partial charge in [0, 0.05) is 22.7 Å². The average Bonchev–Trinajstić information content (AvgIpc) is 3.21. The number of carbonyl (C=O) groups is 1. The third-order valence-corrected chi connectivity index (χ3v) is 4.56. The third-order valence-electron chi connectivity index (χ3n) is 3.62. The monoisotopic (exact) mass is 344 g/mol. The van der Waals surface area contributed by atoms with Gasteiger partial charge in [0.05, 0.1) is 30.6 Å². The van der Waals surface area contributed by atoms with E-state index in [0.717, 1.165) is 27.7 Å². The molecule has 7 heteroatoms. The summed E-state index contributed by atoms with van der Waals surface area (Å²) < 4.78 is 6.98. The highest BCUT2D eigenvalue weighted by molar-refractivity contribution is 7.13. The Morgan fingerprint density at radius 1 is 1.46 bits per heavy atom. The fourth-order valence-electron chi connectivity index (χ4n) is 2.56. The van der Waals surface area contributed by atoms with Crippen molar-refractivity contribution in [3.05, 3.63) is 47.1 Å². The Morgan fingerprint density at radius 3 is 2.96 bits per heavy atom. The molecule has 126 valence electrons. The van der Waals surface area contributed by atoms with Crippen LogP contribution in [0.15, 0.2) is 34.5 Å². The minimum atomic E-state index is -0.0342. The van der Waals surface area contributed by atoms with Gasteiger partial charge in [-0.25, -0.2) is 4.98 Å². The zero-order chi connectivity index (χ0) is 17.1. The quantitative estimate of drug-likeness (QED) is 0.746. The zero-order valence-corrected chi connectivity index (χ0v) is 14.8. The number of thiazole rings is 1. The van der Waals surface area contributed by atoms with Gasteiger partial charge in [0.15, 0.2) is 0 Å². The number of hydrogen-bond acceptors (Lipinski definition) is 5. The van der Waals surface area contributed by atoms with Crippen LogP contribution in [0.1, 0.15) is 24.0 Å². The normalized spacial score (nSPS) is 12.3. The lowest BCUT2D eigenvalue weighted by atomic mass is 10.2. The molecule has 0 unspecified atom stereocenters. The lowest BCUT2D eigenvalue weighted by Gasteiger charge is -2.14. The van der Waals surface area contributed by atoms with Crippen LogP contribution < -0.4 is 5.32 Å². The second-order valence-corrected chi connectivity index (χ2v) is 6.77. The first-order valence-corrected chi connectivity index (χ1v) is 8.66. The Bertz CT molecular complexity index is 820. The standard InChI is InChI=1S/C17H20N4O2S/c1-11-6-13(3)21(20-11)8-12(2)18-16(22)7-15-10-24-17(19-15)14-4-5-23-9-14/h4-6,9-10,12H,7-8H2,1-3H3,(H,18,22)/t12-/m1/s1. The summed E-state index contributed by atoms with van der Waals surface area (Å²) in [7, 11) is 0.